The minimum atomic E-state index is -0.0656. The first-order chi connectivity index (χ1) is 9.65. The monoisotopic (exact) mass is 295 g/mol. The highest BCUT2D eigenvalue weighted by Gasteiger charge is 2.25. The molecule has 0 spiro atoms. The van der Waals surface area contributed by atoms with Crippen LogP contribution in [0.3, 0.4) is 0 Å². The molecule has 0 aliphatic heterocycles. The van der Waals surface area contributed by atoms with Gasteiger partial charge in [0.1, 0.15) is 11.5 Å². The van der Waals surface area contributed by atoms with Crippen LogP contribution in [0.15, 0.2) is 12.1 Å². The maximum Gasteiger partial charge on any atom is 0.274 e. The largest absolute Gasteiger partial charge is 0.370 e. The van der Waals surface area contributed by atoms with E-state index in [1.54, 1.807) is 12.1 Å². The average Bonchev–Trinajstić information content (AvgIpc) is 2.40. The molecular formula is C15H22ClN3O. The van der Waals surface area contributed by atoms with Crippen LogP contribution < -0.4 is 5.32 Å². The molecule has 110 valence electrons. The Labute approximate surface area is 125 Å². The van der Waals surface area contributed by atoms with Crippen LogP contribution in [0, 0.1) is 5.92 Å². The van der Waals surface area contributed by atoms with Gasteiger partial charge in [-0.25, -0.2) is 4.98 Å². The number of pyridine rings is 1. The summed E-state index contributed by atoms with van der Waals surface area (Å²) in [5.41, 5.74) is 0.353. The van der Waals surface area contributed by atoms with E-state index < -0.39 is 0 Å². The molecule has 1 aromatic heterocycles. The Morgan fingerprint density at radius 2 is 2.20 bits per heavy atom. The minimum absolute atomic E-state index is 0.0656. The summed E-state index contributed by atoms with van der Waals surface area (Å²) < 4.78 is 0. The van der Waals surface area contributed by atoms with Gasteiger partial charge in [0.15, 0.2) is 0 Å². The number of carbonyl (C=O) groups excluding carboxylic acids is 1. The molecule has 0 saturated heterocycles. The number of nitrogens with one attached hydrogen (secondary N) is 1. The minimum Gasteiger partial charge on any atom is -0.370 e. The molecule has 1 aromatic rings. The van der Waals surface area contributed by atoms with Crippen LogP contribution >= 0.6 is 11.6 Å². The lowest BCUT2D eigenvalue weighted by molar-refractivity contribution is 0.0701. The summed E-state index contributed by atoms with van der Waals surface area (Å²) in [5.74, 6) is 1.28. The predicted octanol–water partition coefficient (Wildman–Crippen LogP) is 3.43. The fraction of sp³-hybridized carbons (Fsp3) is 0.600. The Morgan fingerprint density at radius 1 is 1.45 bits per heavy atom. The lowest BCUT2D eigenvalue weighted by Crippen LogP contribution is -2.37. The molecular weight excluding hydrogens is 274 g/mol. The summed E-state index contributed by atoms with van der Waals surface area (Å²) >= 11 is 6.14. The lowest BCUT2D eigenvalue weighted by atomic mass is 9.85. The molecule has 0 radical (unpaired) electrons. The van der Waals surface area contributed by atoms with E-state index in [2.05, 4.69) is 10.3 Å². The second-order valence-corrected chi connectivity index (χ2v) is 5.61. The second kappa shape index (κ2) is 6.93. The molecule has 1 fully saturated rings. The van der Waals surface area contributed by atoms with E-state index in [4.69, 9.17) is 11.6 Å². The Morgan fingerprint density at radius 3 is 2.75 bits per heavy atom. The fourth-order valence-corrected chi connectivity index (χ4v) is 2.55. The molecule has 0 aromatic carbocycles. The van der Waals surface area contributed by atoms with E-state index in [0.29, 0.717) is 29.0 Å². The Hall–Kier alpha value is -1.29. The first kappa shape index (κ1) is 15.1. The fourth-order valence-electron chi connectivity index (χ4n) is 2.36. The van der Waals surface area contributed by atoms with Crippen LogP contribution in [0.5, 0.6) is 0 Å². The van der Waals surface area contributed by atoms with Gasteiger partial charge in [0.2, 0.25) is 0 Å². The zero-order valence-corrected chi connectivity index (χ0v) is 12.9. The summed E-state index contributed by atoms with van der Waals surface area (Å²) in [7, 11) is 0. The number of anilines is 1. The quantitative estimate of drug-likeness (QED) is 0.874. The number of amides is 1. The Kier molecular flexibility index (Phi) is 5.24. The van der Waals surface area contributed by atoms with E-state index in [-0.39, 0.29) is 5.91 Å². The smallest absolute Gasteiger partial charge is 0.274 e. The van der Waals surface area contributed by atoms with Gasteiger partial charge in [-0.3, -0.25) is 4.79 Å². The molecule has 1 aliphatic rings. The standard InChI is InChI=1S/C15H22ClN3O/c1-3-17-13-9-8-12(16)14(18-13)15(20)19(4-2)10-11-6-5-7-11/h8-9,11H,3-7,10H2,1-2H3,(H,17,18). The van der Waals surface area contributed by atoms with Gasteiger partial charge in [-0.1, -0.05) is 18.0 Å². The third kappa shape index (κ3) is 3.42. The Bertz CT molecular complexity index is 474. The number of hydrogen-bond donors (Lipinski definition) is 1. The summed E-state index contributed by atoms with van der Waals surface area (Å²) in [5, 5.41) is 3.53. The topological polar surface area (TPSA) is 45.2 Å². The van der Waals surface area contributed by atoms with Gasteiger partial charge in [0, 0.05) is 19.6 Å². The van der Waals surface area contributed by atoms with Crippen molar-refractivity contribution in [2.45, 2.75) is 33.1 Å². The van der Waals surface area contributed by atoms with Gasteiger partial charge in [-0.2, -0.15) is 0 Å². The van der Waals surface area contributed by atoms with Crippen molar-refractivity contribution < 1.29 is 4.79 Å². The van der Waals surface area contributed by atoms with Crippen LogP contribution in [0.2, 0.25) is 5.02 Å². The summed E-state index contributed by atoms with van der Waals surface area (Å²) in [6.45, 7) is 6.27. The van der Waals surface area contributed by atoms with E-state index in [1.807, 2.05) is 18.7 Å². The van der Waals surface area contributed by atoms with Gasteiger partial charge in [-0.15, -0.1) is 0 Å². The number of hydrogen-bond acceptors (Lipinski definition) is 3. The van der Waals surface area contributed by atoms with Crippen LogP contribution in [0.4, 0.5) is 5.82 Å². The third-order valence-electron chi connectivity index (χ3n) is 3.78. The number of aromatic nitrogens is 1. The van der Waals surface area contributed by atoms with Crippen molar-refractivity contribution in [2.24, 2.45) is 5.92 Å². The van der Waals surface area contributed by atoms with Crippen molar-refractivity contribution in [3.05, 3.63) is 22.8 Å². The molecule has 20 heavy (non-hydrogen) atoms. The van der Waals surface area contributed by atoms with E-state index in [1.165, 1.54) is 19.3 Å². The number of carbonyl (C=O) groups is 1. The normalized spacial score (nSPS) is 14.8. The van der Waals surface area contributed by atoms with Crippen LogP contribution in [-0.2, 0) is 0 Å². The molecule has 1 amide bonds. The average molecular weight is 296 g/mol. The number of halogens is 1. The molecule has 0 atom stereocenters. The van der Waals surface area contributed by atoms with Gasteiger partial charge in [0.25, 0.3) is 5.91 Å². The molecule has 5 heteroatoms. The van der Waals surface area contributed by atoms with Gasteiger partial charge >= 0.3 is 0 Å². The second-order valence-electron chi connectivity index (χ2n) is 5.20. The third-order valence-corrected chi connectivity index (χ3v) is 4.08. The summed E-state index contributed by atoms with van der Waals surface area (Å²) in [6.07, 6.45) is 3.73. The van der Waals surface area contributed by atoms with Crippen molar-refractivity contribution in [1.82, 2.24) is 9.88 Å². The van der Waals surface area contributed by atoms with Crippen molar-refractivity contribution in [3.8, 4) is 0 Å². The lowest BCUT2D eigenvalue weighted by Gasteiger charge is -2.31. The first-order valence-corrected chi connectivity index (χ1v) is 7.73. The highest BCUT2D eigenvalue weighted by Crippen LogP contribution is 2.28. The van der Waals surface area contributed by atoms with Crippen LogP contribution in [-0.4, -0.2) is 35.4 Å². The molecule has 2 rings (SSSR count). The summed E-state index contributed by atoms with van der Waals surface area (Å²) in [6, 6.07) is 3.53. The van der Waals surface area contributed by atoms with E-state index in [9.17, 15) is 4.79 Å². The molecule has 1 saturated carbocycles. The highest BCUT2D eigenvalue weighted by atomic mass is 35.5. The molecule has 1 heterocycles. The molecule has 4 nitrogen and oxygen atoms in total. The number of rotatable bonds is 6. The van der Waals surface area contributed by atoms with Crippen molar-refractivity contribution in [3.63, 3.8) is 0 Å². The van der Waals surface area contributed by atoms with Crippen molar-refractivity contribution in [1.29, 1.82) is 0 Å². The van der Waals surface area contributed by atoms with Gasteiger partial charge < -0.3 is 10.2 Å². The molecule has 1 N–H and O–H groups in total. The Balaban J connectivity index is 2.14. The maximum atomic E-state index is 12.6. The highest BCUT2D eigenvalue weighted by molar-refractivity contribution is 6.33. The van der Waals surface area contributed by atoms with Gasteiger partial charge in [-0.05, 0) is 44.7 Å². The predicted molar refractivity (Wildman–Crippen MR) is 82.3 cm³/mol. The van der Waals surface area contributed by atoms with Crippen LogP contribution in [0.25, 0.3) is 0 Å². The SMILES string of the molecule is CCNc1ccc(Cl)c(C(=O)N(CC)CC2CCC2)n1. The van der Waals surface area contributed by atoms with Crippen molar-refractivity contribution >= 4 is 23.3 Å². The first-order valence-electron chi connectivity index (χ1n) is 7.35. The van der Waals surface area contributed by atoms with E-state index >= 15 is 0 Å². The van der Waals surface area contributed by atoms with Crippen LogP contribution in [0.1, 0.15) is 43.6 Å². The number of nitrogens with zero attached hydrogens (tertiary/aromatic N) is 2. The summed E-state index contributed by atoms with van der Waals surface area (Å²) in [4.78, 5) is 18.8. The zero-order valence-electron chi connectivity index (χ0n) is 12.2. The molecule has 0 unspecified atom stereocenters. The molecule has 1 aliphatic carbocycles. The van der Waals surface area contributed by atoms with E-state index in [0.717, 1.165) is 13.1 Å². The molecule has 0 bridgehead atoms. The zero-order chi connectivity index (χ0) is 14.5. The van der Waals surface area contributed by atoms with Crippen molar-refractivity contribution in [2.75, 3.05) is 25.0 Å². The maximum absolute atomic E-state index is 12.6. The van der Waals surface area contributed by atoms with Gasteiger partial charge in [0.05, 0.1) is 5.02 Å².